The molecule has 1 N–H and O–H groups in total. The van der Waals surface area contributed by atoms with Crippen molar-refractivity contribution in [2.75, 3.05) is 23.8 Å². The van der Waals surface area contributed by atoms with Crippen LogP contribution in [-0.2, 0) is 4.79 Å². The fraction of sp³-hybridized carbons (Fsp3) is 0.529. The van der Waals surface area contributed by atoms with Gasteiger partial charge in [0.05, 0.1) is 22.3 Å². The van der Waals surface area contributed by atoms with E-state index in [4.69, 9.17) is 4.98 Å². The van der Waals surface area contributed by atoms with Gasteiger partial charge >= 0.3 is 0 Å². The van der Waals surface area contributed by atoms with Gasteiger partial charge in [-0.1, -0.05) is 6.07 Å². The number of likely N-dealkylation sites (tertiary alicyclic amines) is 1. The Morgan fingerprint density at radius 2 is 2.30 bits per heavy atom. The number of carbonyl (C=O) groups excluding carboxylic acids is 1. The van der Waals surface area contributed by atoms with Crippen molar-refractivity contribution in [2.45, 2.75) is 31.1 Å². The van der Waals surface area contributed by atoms with Crippen LogP contribution in [0.3, 0.4) is 0 Å². The number of H-pyrrole nitrogens is 1. The molecule has 122 valence electrons. The number of amides is 1. The fourth-order valence-corrected chi connectivity index (χ4v) is 6.05. The number of hydrogen-bond donors (Lipinski definition) is 1. The van der Waals surface area contributed by atoms with Gasteiger partial charge in [0.15, 0.2) is 0 Å². The molecule has 3 heterocycles. The standard InChI is InChI=1S/C17H21N3OS2/c1-11-4-5-12-13(9-11)19-16(18-12)14-3-2-6-20(14)17(21)15-10-22-7-8-23-15/h4-5,9,14-15H,2-3,6-8,10H2,1H3,(H,18,19). The van der Waals surface area contributed by atoms with Gasteiger partial charge in [0.1, 0.15) is 5.82 Å². The van der Waals surface area contributed by atoms with Crippen LogP contribution in [0.25, 0.3) is 11.0 Å². The average molecular weight is 348 g/mol. The van der Waals surface area contributed by atoms with Crippen LogP contribution in [0.1, 0.15) is 30.3 Å². The summed E-state index contributed by atoms with van der Waals surface area (Å²) < 4.78 is 0. The van der Waals surface area contributed by atoms with E-state index in [1.165, 1.54) is 11.3 Å². The van der Waals surface area contributed by atoms with E-state index in [1.54, 1.807) is 0 Å². The van der Waals surface area contributed by atoms with E-state index in [-0.39, 0.29) is 11.3 Å². The monoisotopic (exact) mass is 347 g/mol. The maximum absolute atomic E-state index is 12.9. The molecule has 2 saturated heterocycles. The minimum absolute atomic E-state index is 0.114. The van der Waals surface area contributed by atoms with Gasteiger partial charge in [0.25, 0.3) is 0 Å². The van der Waals surface area contributed by atoms with Crippen molar-refractivity contribution in [2.24, 2.45) is 0 Å². The number of hydrogen-bond acceptors (Lipinski definition) is 4. The summed E-state index contributed by atoms with van der Waals surface area (Å²) in [5.74, 6) is 4.46. The summed E-state index contributed by atoms with van der Waals surface area (Å²) in [7, 11) is 0. The highest BCUT2D eigenvalue weighted by Gasteiger charge is 2.36. The van der Waals surface area contributed by atoms with Crippen molar-refractivity contribution in [3.8, 4) is 0 Å². The Balaban J connectivity index is 1.59. The zero-order valence-corrected chi connectivity index (χ0v) is 14.9. The van der Waals surface area contributed by atoms with Gasteiger partial charge in [-0.15, -0.1) is 11.8 Å². The Morgan fingerprint density at radius 1 is 1.39 bits per heavy atom. The van der Waals surface area contributed by atoms with Gasteiger partial charge < -0.3 is 9.88 Å². The lowest BCUT2D eigenvalue weighted by atomic mass is 10.2. The lowest BCUT2D eigenvalue weighted by Gasteiger charge is -2.29. The molecule has 1 amide bonds. The summed E-state index contributed by atoms with van der Waals surface area (Å²) in [6.07, 6.45) is 2.08. The lowest BCUT2D eigenvalue weighted by Crippen LogP contribution is -2.40. The quantitative estimate of drug-likeness (QED) is 0.905. The van der Waals surface area contributed by atoms with Crippen LogP contribution in [0.2, 0.25) is 0 Å². The SMILES string of the molecule is Cc1ccc2nc(C3CCCN3C(=O)C3CSCCS3)[nH]c2c1. The highest BCUT2D eigenvalue weighted by atomic mass is 32.2. The smallest absolute Gasteiger partial charge is 0.237 e. The van der Waals surface area contributed by atoms with Crippen molar-refractivity contribution < 1.29 is 4.79 Å². The number of benzene rings is 1. The maximum Gasteiger partial charge on any atom is 0.237 e. The molecule has 2 aliphatic heterocycles. The lowest BCUT2D eigenvalue weighted by molar-refractivity contribution is -0.131. The van der Waals surface area contributed by atoms with Crippen molar-refractivity contribution in [1.82, 2.24) is 14.9 Å². The van der Waals surface area contributed by atoms with E-state index in [0.29, 0.717) is 5.91 Å². The second-order valence-electron chi connectivity index (χ2n) is 6.27. The Labute approximate surface area is 144 Å². The number of carbonyl (C=O) groups is 1. The highest BCUT2D eigenvalue weighted by Crippen LogP contribution is 2.35. The summed E-state index contributed by atoms with van der Waals surface area (Å²) in [5, 5.41) is 0.126. The largest absolute Gasteiger partial charge is 0.340 e. The predicted molar refractivity (Wildman–Crippen MR) is 98.1 cm³/mol. The molecule has 1 aromatic carbocycles. The topological polar surface area (TPSA) is 49.0 Å². The van der Waals surface area contributed by atoms with E-state index in [9.17, 15) is 4.79 Å². The summed E-state index contributed by atoms with van der Waals surface area (Å²) in [4.78, 5) is 23.2. The molecule has 0 saturated carbocycles. The minimum Gasteiger partial charge on any atom is -0.340 e. The molecule has 0 bridgehead atoms. The van der Waals surface area contributed by atoms with Crippen LogP contribution in [-0.4, -0.2) is 49.8 Å². The van der Waals surface area contributed by atoms with E-state index in [0.717, 1.165) is 47.7 Å². The summed E-state index contributed by atoms with van der Waals surface area (Å²) in [5.41, 5.74) is 3.29. The van der Waals surface area contributed by atoms with E-state index in [2.05, 4.69) is 35.0 Å². The number of imidazole rings is 1. The first-order chi connectivity index (χ1) is 11.2. The van der Waals surface area contributed by atoms with E-state index >= 15 is 0 Å². The van der Waals surface area contributed by atoms with Gasteiger partial charge in [0, 0.05) is 23.8 Å². The Morgan fingerprint density at radius 3 is 3.13 bits per heavy atom. The zero-order chi connectivity index (χ0) is 15.8. The van der Waals surface area contributed by atoms with Gasteiger partial charge in [-0.25, -0.2) is 4.98 Å². The Hall–Kier alpha value is -1.14. The van der Waals surface area contributed by atoms with Gasteiger partial charge in [-0.3, -0.25) is 4.79 Å². The van der Waals surface area contributed by atoms with Crippen molar-refractivity contribution in [3.63, 3.8) is 0 Å². The van der Waals surface area contributed by atoms with E-state index < -0.39 is 0 Å². The molecule has 4 nitrogen and oxygen atoms in total. The molecule has 2 fully saturated rings. The highest BCUT2D eigenvalue weighted by molar-refractivity contribution is 8.07. The third-order valence-electron chi connectivity index (χ3n) is 4.60. The van der Waals surface area contributed by atoms with Crippen LogP contribution in [0.4, 0.5) is 0 Å². The molecule has 1 aromatic heterocycles. The number of nitrogens with one attached hydrogen (secondary N) is 1. The zero-order valence-electron chi connectivity index (χ0n) is 13.2. The van der Waals surface area contributed by atoms with E-state index in [1.807, 2.05) is 23.5 Å². The molecule has 0 spiro atoms. The minimum atomic E-state index is 0.114. The summed E-state index contributed by atoms with van der Waals surface area (Å²) >= 11 is 3.72. The second kappa shape index (κ2) is 6.40. The first kappa shape index (κ1) is 15.4. The van der Waals surface area contributed by atoms with Crippen LogP contribution in [0.5, 0.6) is 0 Å². The van der Waals surface area contributed by atoms with Crippen LogP contribution in [0, 0.1) is 6.92 Å². The third kappa shape index (κ3) is 2.98. The first-order valence-corrected chi connectivity index (χ1v) is 10.4. The predicted octanol–water partition coefficient (Wildman–Crippen LogP) is 3.38. The Kier molecular flexibility index (Phi) is 4.28. The van der Waals surface area contributed by atoms with Crippen LogP contribution in [0.15, 0.2) is 18.2 Å². The average Bonchev–Trinajstić information content (AvgIpc) is 3.20. The third-order valence-corrected chi connectivity index (χ3v) is 7.34. The number of aromatic nitrogens is 2. The van der Waals surface area contributed by atoms with Gasteiger partial charge in [-0.2, -0.15) is 11.8 Å². The molecule has 2 unspecified atom stereocenters. The Bertz CT molecular complexity index is 724. The first-order valence-electron chi connectivity index (χ1n) is 8.18. The van der Waals surface area contributed by atoms with Crippen molar-refractivity contribution in [3.05, 3.63) is 29.6 Å². The molecule has 0 aliphatic carbocycles. The molecule has 2 aliphatic rings. The van der Waals surface area contributed by atoms with Gasteiger partial charge in [0.2, 0.25) is 5.91 Å². The number of aryl methyl sites for hydroxylation is 1. The molecule has 4 rings (SSSR count). The molecular formula is C17H21N3OS2. The number of fused-ring (bicyclic) bond motifs is 1. The molecule has 2 atom stereocenters. The number of rotatable bonds is 2. The number of aromatic amines is 1. The molecule has 23 heavy (non-hydrogen) atoms. The van der Waals surface area contributed by atoms with Gasteiger partial charge in [-0.05, 0) is 37.5 Å². The molecular weight excluding hydrogens is 326 g/mol. The summed E-state index contributed by atoms with van der Waals surface area (Å²) in [6, 6.07) is 6.38. The molecule has 2 aromatic rings. The summed E-state index contributed by atoms with van der Waals surface area (Å²) in [6.45, 7) is 2.95. The van der Waals surface area contributed by atoms with Crippen molar-refractivity contribution in [1.29, 1.82) is 0 Å². The second-order valence-corrected chi connectivity index (χ2v) is 8.73. The van der Waals surface area contributed by atoms with Crippen LogP contribution < -0.4 is 0 Å². The maximum atomic E-state index is 12.9. The normalized spacial score (nSPS) is 25.2. The number of nitrogens with zero attached hydrogens (tertiary/aromatic N) is 2. The molecule has 0 radical (unpaired) electrons. The number of thioether (sulfide) groups is 2. The molecule has 6 heteroatoms. The fourth-order valence-electron chi connectivity index (χ4n) is 3.43. The van der Waals surface area contributed by atoms with Crippen LogP contribution >= 0.6 is 23.5 Å². The van der Waals surface area contributed by atoms with Crippen molar-refractivity contribution >= 4 is 40.5 Å².